The number of rotatable bonds is 2. The van der Waals surface area contributed by atoms with Crippen LogP contribution in [0.15, 0.2) is 18.2 Å². The van der Waals surface area contributed by atoms with E-state index < -0.39 is 7.12 Å². The van der Waals surface area contributed by atoms with Gasteiger partial charge in [0.2, 0.25) is 0 Å². The van der Waals surface area contributed by atoms with Crippen LogP contribution in [0.2, 0.25) is 0 Å². The Morgan fingerprint density at radius 3 is 2.69 bits per heavy atom. The first-order chi connectivity index (χ1) is 7.59. The fraction of sp³-hybridized carbons (Fsp3) is 0.500. The predicted molar refractivity (Wildman–Crippen MR) is 67.1 cm³/mol. The van der Waals surface area contributed by atoms with Crippen molar-refractivity contribution in [3.8, 4) is 0 Å². The van der Waals surface area contributed by atoms with Crippen molar-refractivity contribution in [3.05, 3.63) is 23.8 Å². The maximum absolute atomic E-state index is 9.14. The topological polar surface area (TPSA) is 43.7 Å². The summed E-state index contributed by atoms with van der Waals surface area (Å²) in [7, 11) is -1.36. The zero-order valence-corrected chi connectivity index (χ0v) is 9.85. The van der Waals surface area contributed by atoms with Crippen LogP contribution in [0.25, 0.3) is 0 Å². The molecule has 2 rings (SSSR count). The number of aryl methyl sites for hydroxylation is 1. The lowest BCUT2D eigenvalue weighted by Gasteiger charge is -2.35. The first-order valence-electron chi connectivity index (χ1n) is 5.85. The lowest BCUT2D eigenvalue weighted by Crippen LogP contribution is -2.37. The van der Waals surface area contributed by atoms with Crippen molar-refractivity contribution in [3.63, 3.8) is 0 Å². The Morgan fingerprint density at radius 2 is 2.06 bits per heavy atom. The van der Waals surface area contributed by atoms with E-state index in [1.807, 2.05) is 12.1 Å². The van der Waals surface area contributed by atoms with Crippen LogP contribution in [-0.2, 0) is 6.42 Å². The Labute approximate surface area is 96.9 Å². The highest BCUT2D eigenvalue weighted by molar-refractivity contribution is 6.58. The molecular weight excluding hydrogens is 201 g/mol. The Kier molecular flexibility index (Phi) is 3.21. The van der Waals surface area contributed by atoms with Gasteiger partial charge in [-0.15, -0.1) is 0 Å². The summed E-state index contributed by atoms with van der Waals surface area (Å²) < 4.78 is 0. The SMILES string of the molecule is CC(C)N1CCCc2cc(B(O)O)ccc21. The van der Waals surface area contributed by atoms with Crippen molar-refractivity contribution in [1.29, 1.82) is 0 Å². The van der Waals surface area contributed by atoms with Gasteiger partial charge in [-0.25, -0.2) is 0 Å². The molecule has 0 fully saturated rings. The molecule has 1 aliphatic rings. The van der Waals surface area contributed by atoms with Gasteiger partial charge < -0.3 is 14.9 Å². The number of hydrogen-bond donors (Lipinski definition) is 2. The minimum Gasteiger partial charge on any atom is -0.423 e. The van der Waals surface area contributed by atoms with Gasteiger partial charge in [-0.2, -0.15) is 0 Å². The predicted octanol–water partition coefficient (Wildman–Crippen LogP) is 0.527. The Hall–Kier alpha value is -0.995. The van der Waals surface area contributed by atoms with E-state index in [4.69, 9.17) is 10.0 Å². The smallest absolute Gasteiger partial charge is 0.423 e. The molecular formula is C12H18BNO2. The van der Waals surface area contributed by atoms with Crippen LogP contribution in [-0.4, -0.2) is 29.8 Å². The van der Waals surface area contributed by atoms with Crippen LogP contribution in [0.3, 0.4) is 0 Å². The fourth-order valence-corrected chi connectivity index (χ4v) is 2.34. The average molecular weight is 219 g/mol. The van der Waals surface area contributed by atoms with Crippen LogP contribution < -0.4 is 10.4 Å². The van der Waals surface area contributed by atoms with Crippen LogP contribution in [0.1, 0.15) is 25.8 Å². The first-order valence-corrected chi connectivity index (χ1v) is 5.85. The molecule has 0 saturated carbocycles. The number of fused-ring (bicyclic) bond motifs is 1. The van der Waals surface area contributed by atoms with E-state index in [1.54, 1.807) is 6.07 Å². The molecule has 1 aromatic carbocycles. The molecule has 16 heavy (non-hydrogen) atoms. The van der Waals surface area contributed by atoms with Gasteiger partial charge >= 0.3 is 7.12 Å². The van der Waals surface area contributed by atoms with Crippen LogP contribution in [0.4, 0.5) is 5.69 Å². The van der Waals surface area contributed by atoms with E-state index in [0.29, 0.717) is 11.5 Å². The van der Waals surface area contributed by atoms with Gasteiger partial charge in [0, 0.05) is 18.3 Å². The van der Waals surface area contributed by atoms with Crippen LogP contribution in [0.5, 0.6) is 0 Å². The largest absolute Gasteiger partial charge is 0.488 e. The molecule has 0 amide bonds. The maximum atomic E-state index is 9.14. The average Bonchev–Trinajstić information content (AvgIpc) is 2.27. The molecule has 4 heteroatoms. The zero-order valence-electron chi connectivity index (χ0n) is 9.85. The van der Waals surface area contributed by atoms with Gasteiger partial charge in [-0.3, -0.25) is 0 Å². The monoisotopic (exact) mass is 219 g/mol. The zero-order chi connectivity index (χ0) is 11.7. The van der Waals surface area contributed by atoms with Crippen LogP contribution >= 0.6 is 0 Å². The summed E-state index contributed by atoms with van der Waals surface area (Å²) in [6, 6.07) is 6.20. The third-order valence-electron chi connectivity index (χ3n) is 3.18. The second-order valence-corrected chi connectivity index (χ2v) is 4.65. The Bertz CT molecular complexity index is 379. The van der Waals surface area contributed by atoms with Gasteiger partial charge in [0.1, 0.15) is 0 Å². The van der Waals surface area contributed by atoms with E-state index in [-0.39, 0.29) is 0 Å². The molecule has 3 nitrogen and oxygen atoms in total. The molecule has 1 heterocycles. The van der Waals surface area contributed by atoms with E-state index in [2.05, 4.69) is 18.7 Å². The molecule has 1 aromatic rings. The van der Waals surface area contributed by atoms with Crippen molar-refractivity contribution < 1.29 is 10.0 Å². The lowest BCUT2D eigenvalue weighted by molar-refractivity contribution is 0.425. The minimum atomic E-state index is -1.36. The normalized spacial score (nSPS) is 15.2. The number of nitrogens with zero attached hydrogens (tertiary/aromatic N) is 1. The van der Waals surface area contributed by atoms with Crippen molar-refractivity contribution in [2.45, 2.75) is 32.7 Å². The molecule has 0 atom stereocenters. The van der Waals surface area contributed by atoms with Crippen LogP contribution in [0, 0.1) is 0 Å². The first kappa shape index (κ1) is 11.5. The fourth-order valence-electron chi connectivity index (χ4n) is 2.34. The molecule has 0 spiro atoms. The molecule has 2 N–H and O–H groups in total. The molecule has 0 aromatic heterocycles. The van der Waals surface area contributed by atoms with Crippen molar-refractivity contribution >= 4 is 18.3 Å². The van der Waals surface area contributed by atoms with Gasteiger partial charge in [0.05, 0.1) is 0 Å². The number of benzene rings is 1. The van der Waals surface area contributed by atoms with Gasteiger partial charge in [0.15, 0.2) is 0 Å². The standard InChI is InChI=1S/C12H18BNO2/c1-9(2)14-7-3-4-10-8-11(13(15)16)5-6-12(10)14/h5-6,8-9,15-16H,3-4,7H2,1-2H3. The second-order valence-electron chi connectivity index (χ2n) is 4.65. The van der Waals surface area contributed by atoms with Gasteiger partial charge in [-0.1, -0.05) is 12.1 Å². The second kappa shape index (κ2) is 4.48. The van der Waals surface area contributed by atoms with E-state index in [9.17, 15) is 0 Å². The van der Waals surface area contributed by atoms with E-state index in [0.717, 1.165) is 19.4 Å². The third-order valence-corrected chi connectivity index (χ3v) is 3.18. The van der Waals surface area contributed by atoms with Crippen molar-refractivity contribution in [2.75, 3.05) is 11.4 Å². The molecule has 1 aliphatic heterocycles. The highest BCUT2D eigenvalue weighted by Gasteiger charge is 2.21. The lowest BCUT2D eigenvalue weighted by atomic mass is 9.78. The highest BCUT2D eigenvalue weighted by Crippen LogP contribution is 2.27. The Balaban J connectivity index is 2.37. The van der Waals surface area contributed by atoms with Crippen molar-refractivity contribution in [1.82, 2.24) is 0 Å². The third kappa shape index (κ3) is 2.08. The summed E-state index contributed by atoms with van der Waals surface area (Å²) in [6.45, 7) is 5.46. The molecule has 0 unspecified atom stereocenters. The van der Waals surface area contributed by atoms with Gasteiger partial charge in [-0.05, 0) is 43.8 Å². The molecule has 86 valence electrons. The molecule has 0 radical (unpaired) electrons. The van der Waals surface area contributed by atoms with E-state index in [1.165, 1.54) is 11.3 Å². The number of hydrogen-bond acceptors (Lipinski definition) is 3. The Morgan fingerprint density at radius 1 is 1.31 bits per heavy atom. The number of anilines is 1. The molecule has 0 aliphatic carbocycles. The maximum Gasteiger partial charge on any atom is 0.488 e. The molecule has 0 saturated heterocycles. The quantitative estimate of drug-likeness (QED) is 0.713. The van der Waals surface area contributed by atoms with E-state index >= 15 is 0 Å². The van der Waals surface area contributed by atoms with Gasteiger partial charge in [0.25, 0.3) is 0 Å². The summed E-state index contributed by atoms with van der Waals surface area (Å²) in [6.07, 6.45) is 2.16. The summed E-state index contributed by atoms with van der Waals surface area (Å²) in [5.74, 6) is 0. The summed E-state index contributed by atoms with van der Waals surface area (Å²) in [4.78, 5) is 2.37. The molecule has 0 bridgehead atoms. The van der Waals surface area contributed by atoms with Crippen molar-refractivity contribution in [2.24, 2.45) is 0 Å². The highest BCUT2D eigenvalue weighted by atomic mass is 16.4. The summed E-state index contributed by atoms with van der Waals surface area (Å²) in [5, 5.41) is 18.3. The summed E-state index contributed by atoms with van der Waals surface area (Å²) in [5.41, 5.74) is 3.06. The minimum absolute atomic E-state index is 0.490. The summed E-state index contributed by atoms with van der Waals surface area (Å²) >= 11 is 0.